The molecule has 0 saturated carbocycles. The molecule has 24 heavy (non-hydrogen) atoms. The van der Waals surface area contributed by atoms with Gasteiger partial charge in [0.15, 0.2) is 5.43 Å². The third-order valence-corrected chi connectivity index (χ3v) is 4.09. The Morgan fingerprint density at radius 2 is 1.88 bits per heavy atom. The fourth-order valence-electron chi connectivity index (χ4n) is 2.94. The maximum atomic E-state index is 12.5. The third kappa shape index (κ3) is 3.04. The summed E-state index contributed by atoms with van der Waals surface area (Å²) in [5.41, 5.74) is 2.33. The normalized spacial score (nSPS) is 11.1. The van der Waals surface area contributed by atoms with Crippen LogP contribution in [-0.4, -0.2) is 4.57 Å². The number of fused-ring (bicyclic) bond motifs is 1. The molecule has 2 heterocycles. The number of para-hydroxylation sites is 1. The largest absolute Gasteiger partial charge is 0.455 e. The number of rotatable bonds is 5. The van der Waals surface area contributed by atoms with Gasteiger partial charge in [-0.1, -0.05) is 32.4 Å². The van der Waals surface area contributed by atoms with Gasteiger partial charge in [-0.2, -0.15) is 0 Å². The zero-order chi connectivity index (χ0) is 17.1. The van der Waals surface area contributed by atoms with Crippen LogP contribution in [0.1, 0.15) is 32.3 Å². The standard InChI is InChI=1S/C20H21NO3/c1-3-6-14-7-5-8-16-17(22)12-18(24-20(14)16)15-9-10-19(23)21(13-15)11-4-2/h5,7-10,12-13H,3-4,6,11H2,1-2H3. The number of nitrogens with zero attached hydrogens (tertiary/aromatic N) is 1. The molecule has 3 rings (SSSR count). The van der Waals surface area contributed by atoms with Crippen LogP contribution in [0.25, 0.3) is 22.3 Å². The van der Waals surface area contributed by atoms with Gasteiger partial charge in [0.25, 0.3) is 5.56 Å². The lowest BCUT2D eigenvalue weighted by Crippen LogP contribution is -2.18. The van der Waals surface area contributed by atoms with Crippen LogP contribution in [0.4, 0.5) is 0 Å². The van der Waals surface area contributed by atoms with Gasteiger partial charge in [-0.3, -0.25) is 9.59 Å². The van der Waals surface area contributed by atoms with Crippen molar-refractivity contribution in [2.45, 2.75) is 39.7 Å². The minimum absolute atomic E-state index is 0.0459. The van der Waals surface area contributed by atoms with E-state index in [1.165, 1.54) is 12.1 Å². The second kappa shape index (κ2) is 6.87. The predicted octanol–water partition coefficient (Wildman–Crippen LogP) is 3.98. The third-order valence-electron chi connectivity index (χ3n) is 4.09. The maximum Gasteiger partial charge on any atom is 0.250 e. The van der Waals surface area contributed by atoms with Crippen molar-refractivity contribution < 1.29 is 4.42 Å². The van der Waals surface area contributed by atoms with Crippen molar-refractivity contribution in [1.29, 1.82) is 0 Å². The number of aromatic nitrogens is 1. The van der Waals surface area contributed by atoms with Crippen molar-refractivity contribution in [2.75, 3.05) is 0 Å². The fraction of sp³-hybridized carbons (Fsp3) is 0.300. The minimum atomic E-state index is -0.0579. The van der Waals surface area contributed by atoms with E-state index in [0.717, 1.165) is 30.4 Å². The van der Waals surface area contributed by atoms with Crippen LogP contribution in [-0.2, 0) is 13.0 Å². The Labute approximate surface area is 140 Å². The van der Waals surface area contributed by atoms with Crippen LogP contribution >= 0.6 is 0 Å². The van der Waals surface area contributed by atoms with Crippen LogP contribution in [0, 0.1) is 0 Å². The van der Waals surface area contributed by atoms with Gasteiger partial charge in [0.05, 0.1) is 5.39 Å². The summed E-state index contributed by atoms with van der Waals surface area (Å²) in [6.07, 6.45) is 4.47. The highest BCUT2D eigenvalue weighted by Crippen LogP contribution is 2.24. The average molecular weight is 323 g/mol. The predicted molar refractivity (Wildman–Crippen MR) is 96.5 cm³/mol. The molecule has 4 heteroatoms. The molecule has 0 saturated heterocycles. The van der Waals surface area contributed by atoms with Crippen molar-refractivity contribution in [3.05, 3.63) is 68.7 Å². The molecule has 0 fully saturated rings. The van der Waals surface area contributed by atoms with Gasteiger partial charge in [-0.15, -0.1) is 0 Å². The number of aryl methyl sites for hydroxylation is 2. The molecule has 124 valence electrons. The van der Waals surface area contributed by atoms with Crippen LogP contribution in [0.3, 0.4) is 0 Å². The highest BCUT2D eigenvalue weighted by atomic mass is 16.3. The lowest BCUT2D eigenvalue weighted by atomic mass is 10.1. The van der Waals surface area contributed by atoms with E-state index in [4.69, 9.17) is 4.42 Å². The molecule has 0 bridgehead atoms. The molecule has 0 atom stereocenters. The second-order valence-electron chi connectivity index (χ2n) is 5.97. The van der Waals surface area contributed by atoms with Crippen molar-refractivity contribution in [3.8, 4) is 11.3 Å². The van der Waals surface area contributed by atoms with Crippen molar-refractivity contribution in [3.63, 3.8) is 0 Å². The van der Waals surface area contributed by atoms with Crippen LogP contribution in [0.5, 0.6) is 0 Å². The number of hydrogen-bond donors (Lipinski definition) is 0. The first kappa shape index (κ1) is 16.2. The summed E-state index contributed by atoms with van der Waals surface area (Å²) in [7, 11) is 0. The van der Waals surface area contributed by atoms with Crippen LogP contribution in [0.15, 0.2) is 56.6 Å². The van der Waals surface area contributed by atoms with Crippen molar-refractivity contribution >= 4 is 11.0 Å². The Morgan fingerprint density at radius 1 is 1.04 bits per heavy atom. The number of pyridine rings is 1. The molecule has 0 spiro atoms. The molecule has 0 unspecified atom stereocenters. The summed E-state index contributed by atoms with van der Waals surface area (Å²) in [4.78, 5) is 24.4. The Hall–Kier alpha value is -2.62. The van der Waals surface area contributed by atoms with Crippen molar-refractivity contribution in [2.24, 2.45) is 0 Å². The Kier molecular flexibility index (Phi) is 4.65. The van der Waals surface area contributed by atoms with Gasteiger partial charge < -0.3 is 8.98 Å². The molecule has 3 aromatic rings. The SMILES string of the molecule is CCCc1cccc2c(=O)cc(-c3ccc(=O)n(CCC)c3)oc12. The highest BCUT2D eigenvalue weighted by Gasteiger charge is 2.11. The first-order chi connectivity index (χ1) is 11.6. The molecule has 0 N–H and O–H groups in total. The summed E-state index contributed by atoms with van der Waals surface area (Å²) in [5.74, 6) is 0.501. The highest BCUT2D eigenvalue weighted by molar-refractivity contribution is 5.81. The molecule has 0 radical (unpaired) electrons. The average Bonchev–Trinajstić information content (AvgIpc) is 2.58. The molecular formula is C20H21NO3. The topological polar surface area (TPSA) is 52.2 Å². The quantitative estimate of drug-likeness (QED) is 0.713. The molecule has 4 nitrogen and oxygen atoms in total. The Balaban J connectivity index is 2.20. The second-order valence-corrected chi connectivity index (χ2v) is 5.97. The van der Waals surface area contributed by atoms with E-state index in [0.29, 0.717) is 23.3 Å². The summed E-state index contributed by atoms with van der Waals surface area (Å²) >= 11 is 0. The minimum Gasteiger partial charge on any atom is -0.455 e. The molecular weight excluding hydrogens is 302 g/mol. The van der Waals surface area contributed by atoms with Gasteiger partial charge >= 0.3 is 0 Å². The smallest absolute Gasteiger partial charge is 0.250 e. The van der Waals surface area contributed by atoms with E-state index in [1.54, 1.807) is 22.9 Å². The van der Waals surface area contributed by atoms with Gasteiger partial charge in [0, 0.05) is 30.4 Å². The van der Waals surface area contributed by atoms with Crippen LogP contribution < -0.4 is 11.0 Å². The number of benzene rings is 1. The Morgan fingerprint density at radius 3 is 2.62 bits per heavy atom. The molecule has 2 aromatic heterocycles. The summed E-state index contributed by atoms with van der Waals surface area (Å²) in [6.45, 7) is 4.76. The zero-order valence-corrected chi connectivity index (χ0v) is 14.0. The van der Waals surface area contributed by atoms with Gasteiger partial charge in [0.1, 0.15) is 11.3 Å². The molecule has 0 amide bonds. The zero-order valence-electron chi connectivity index (χ0n) is 14.0. The van der Waals surface area contributed by atoms with Gasteiger partial charge in [-0.25, -0.2) is 0 Å². The van der Waals surface area contributed by atoms with E-state index < -0.39 is 0 Å². The number of hydrogen-bond acceptors (Lipinski definition) is 3. The molecule has 0 aliphatic heterocycles. The molecule has 1 aromatic carbocycles. The van der Waals surface area contributed by atoms with Crippen molar-refractivity contribution in [1.82, 2.24) is 4.57 Å². The fourth-order valence-corrected chi connectivity index (χ4v) is 2.94. The molecule has 0 aliphatic carbocycles. The molecule has 0 aliphatic rings. The van der Waals surface area contributed by atoms with Gasteiger partial charge in [0.2, 0.25) is 0 Å². The van der Waals surface area contributed by atoms with E-state index in [9.17, 15) is 9.59 Å². The van der Waals surface area contributed by atoms with Gasteiger partial charge in [-0.05, 0) is 30.5 Å². The van der Waals surface area contributed by atoms with E-state index in [2.05, 4.69) is 6.92 Å². The first-order valence-electron chi connectivity index (χ1n) is 8.40. The lowest BCUT2D eigenvalue weighted by Gasteiger charge is -2.09. The van der Waals surface area contributed by atoms with E-state index >= 15 is 0 Å². The lowest BCUT2D eigenvalue weighted by molar-refractivity contribution is 0.607. The summed E-state index contributed by atoms with van der Waals surface area (Å²) in [5, 5.41) is 0.603. The Bertz CT molecular complexity index is 982. The van der Waals surface area contributed by atoms with Crippen LogP contribution in [0.2, 0.25) is 0 Å². The van der Waals surface area contributed by atoms with E-state index in [1.807, 2.05) is 19.1 Å². The first-order valence-corrected chi connectivity index (χ1v) is 8.40. The monoisotopic (exact) mass is 323 g/mol. The summed E-state index contributed by atoms with van der Waals surface area (Å²) < 4.78 is 7.72. The maximum absolute atomic E-state index is 12.5. The summed E-state index contributed by atoms with van der Waals surface area (Å²) in [6, 6.07) is 10.4. The van der Waals surface area contributed by atoms with E-state index in [-0.39, 0.29) is 11.0 Å².